The standard InChI is InChI=1S/C11H10BrN5O2/c1-7-6-16(11(13)15-7)14-5-8-2-3-9(12)4-10(8)17(18)19/h2-6H,1H3,(H2,13,15). The van der Waals surface area contributed by atoms with Gasteiger partial charge in [0.2, 0.25) is 5.95 Å². The highest BCUT2D eigenvalue weighted by atomic mass is 79.9. The van der Waals surface area contributed by atoms with E-state index in [1.54, 1.807) is 25.3 Å². The van der Waals surface area contributed by atoms with Crippen molar-refractivity contribution in [2.24, 2.45) is 5.10 Å². The van der Waals surface area contributed by atoms with Crippen LogP contribution in [0.25, 0.3) is 0 Å². The fourth-order valence-electron chi connectivity index (χ4n) is 1.50. The number of nitrogen functional groups attached to an aromatic ring is 1. The molecule has 7 nitrogen and oxygen atoms in total. The van der Waals surface area contributed by atoms with Crippen molar-refractivity contribution in [1.82, 2.24) is 9.66 Å². The average Bonchev–Trinajstić information content (AvgIpc) is 2.66. The Kier molecular flexibility index (Phi) is 3.61. The number of nitro groups is 1. The SMILES string of the molecule is Cc1cn(N=Cc2ccc(Br)cc2[N+](=O)[O-])c(N)n1. The summed E-state index contributed by atoms with van der Waals surface area (Å²) in [5, 5.41) is 15.0. The smallest absolute Gasteiger partial charge is 0.279 e. The minimum atomic E-state index is -0.464. The van der Waals surface area contributed by atoms with Crippen molar-refractivity contribution < 1.29 is 4.92 Å². The molecule has 0 aliphatic carbocycles. The molecule has 98 valence electrons. The zero-order valence-electron chi connectivity index (χ0n) is 9.95. The van der Waals surface area contributed by atoms with Gasteiger partial charge in [-0.15, -0.1) is 0 Å². The molecule has 1 heterocycles. The monoisotopic (exact) mass is 323 g/mol. The van der Waals surface area contributed by atoms with Crippen molar-refractivity contribution in [3.05, 3.63) is 50.2 Å². The Hall–Kier alpha value is -2.22. The quantitative estimate of drug-likeness (QED) is 0.532. The number of benzene rings is 1. The topological polar surface area (TPSA) is 99.3 Å². The van der Waals surface area contributed by atoms with Crippen LogP contribution in [0.1, 0.15) is 11.3 Å². The fraction of sp³-hybridized carbons (Fsp3) is 0.0909. The molecule has 19 heavy (non-hydrogen) atoms. The number of nitro benzene ring substituents is 1. The first-order valence-electron chi connectivity index (χ1n) is 5.27. The van der Waals surface area contributed by atoms with Crippen LogP contribution in [0, 0.1) is 17.0 Å². The number of anilines is 1. The Morgan fingerprint density at radius 3 is 2.89 bits per heavy atom. The number of aryl methyl sites for hydroxylation is 1. The number of hydrogen-bond acceptors (Lipinski definition) is 5. The molecule has 0 atom stereocenters. The van der Waals surface area contributed by atoms with E-state index in [2.05, 4.69) is 26.0 Å². The molecular weight excluding hydrogens is 314 g/mol. The van der Waals surface area contributed by atoms with E-state index in [0.717, 1.165) is 5.69 Å². The van der Waals surface area contributed by atoms with Crippen LogP contribution < -0.4 is 5.73 Å². The fourth-order valence-corrected chi connectivity index (χ4v) is 1.85. The molecule has 0 unspecified atom stereocenters. The lowest BCUT2D eigenvalue weighted by atomic mass is 10.2. The molecule has 0 bridgehead atoms. The van der Waals surface area contributed by atoms with Crippen LogP contribution in [0.5, 0.6) is 0 Å². The molecule has 0 amide bonds. The number of halogens is 1. The second-order valence-electron chi connectivity index (χ2n) is 3.79. The molecule has 0 spiro atoms. The predicted molar refractivity (Wildman–Crippen MR) is 75.2 cm³/mol. The number of imidazole rings is 1. The molecule has 2 N–H and O–H groups in total. The lowest BCUT2D eigenvalue weighted by Crippen LogP contribution is -1.99. The Balaban J connectivity index is 2.38. The van der Waals surface area contributed by atoms with Gasteiger partial charge in [-0.25, -0.2) is 9.66 Å². The summed E-state index contributed by atoms with van der Waals surface area (Å²) in [6, 6.07) is 4.73. The van der Waals surface area contributed by atoms with Gasteiger partial charge in [-0.3, -0.25) is 10.1 Å². The summed E-state index contributed by atoms with van der Waals surface area (Å²) in [6.45, 7) is 1.78. The summed E-state index contributed by atoms with van der Waals surface area (Å²) >= 11 is 3.19. The zero-order valence-corrected chi connectivity index (χ0v) is 11.5. The Morgan fingerprint density at radius 2 is 2.32 bits per heavy atom. The van der Waals surface area contributed by atoms with Crippen molar-refractivity contribution >= 4 is 33.8 Å². The van der Waals surface area contributed by atoms with E-state index in [1.807, 2.05) is 0 Å². The number of aromatic nitrogens is 2. The second-order valence-corrected chi connectivity index (χ2v) is 4.71. The van der Waals surface area contributed by atoms with Crippen molar-refractivity contribution in [2.75, 3.05) is 5.73 Å². The highest BCUT2D eigenvalue weighted by molar-refractivity contribution is 9.10. The first-order valence-corrected chi connectivity index (χ1v) is 6.06. The van der Waals surface area contributed by atoms with Crippen LogP contribution in [0.3, 0.4) is 0 Å². The third kappa shape index (κ3) is 2.97. The van der Waals surface area contributed by atoms with E-state index in [-0.39, 0.29) is 11.6 Å². The van der Waals surface area contributed by atoms with Gasteiger partial charge in [-0.05, 0) is 19.1 Å². The summed E-state index contributed by atoms with van der Waals surface area (Å²) in [5.41, 5.74) is 6.70. The molecule has 0 saturated carbocycles. The number of nitrogens with two attached hydrogens (primary N) is 1. The minimum Gasteiger partial charge on any atom is -0.368 e. The van der Waals surface area contributed by atoms with Crippen molar-refractivity contribution in [1.29, 1.82) is 0 Å². The van der Waals surface area contributed by atoms with Crippen LogP contribution in [0.2, 0.25) is 0 Å². The number of rotatable bonds is 3. The molecule has 1 aromatic heterocycles. The minimum absolute atomic E-state index is 0.0338. The van der Waals surface area contributed by atoms with E-state index in [0.29, 0.717) is 10.0 Å². The summed E-state index contributed by atoms with van der Waals surface area (Å²) < 4.78 is 2.00. The summed E-state index contributed by atoms with van der Waals surface area (Å²) in [5.74, 6) is 0.230. The van der Waals surface area contributed by atoms with Gasteiger partial charge < -0.3 is 5.73 Å². The van der Waals surface area contributed by atoms with Crippen LogP contribution >= 0.6 is 15.9 Å². The van der Waals surface area contributed by atoms with Crippen LogP contribution in [0.4, 0.5) is 11.6 Å². The summed E-state index contributed by atoms with van der Waals surface area (Å²) in [6.07, 6.45) is 3.01. The highest BCUT2D eigenvalue weighted by Crippen LogP contribution is 2.22. The summed E-state index contributed by atoms with van der Waals surface area (Å²) in [7, 11) is 0. The van der Waals surface area contributed by atoms with E-state index < -0.39 is 4.92 Å². The molecule has 2 aromatic rings. The first kappa shape index (κ1) is 13.2. The third-order valence-electron chi connectivity index (χ3n) is 2.35. The molecular formula is C11H10BrN5O2. The van der Waals surface area contributed by atoms with Crippen molar-refractivity contribution in [3.63, 3.8) is 0 Å². The third-order valence-corrected chi connectivity index (χ3v) is 2.84. The van der Waals surface area contributed by atoms with E-state index in [4.69, 9.17) is 5.73 Å². The normalized spacial score (nSPS) is 11.1. The van der Waals surface area contributed by atoms with Gasteiger partial charge in [0.25, 0.3) is 5.69 Å². The highest BCUT2D eigenvalue weighted by Gasteiger charge is 2.12. The Morgan fingerprint density at radius 1 is 1.58 bits per heavy atom. The lowest BCUT2D eigenvalue weighted by Gasteiger charge is -1.99. The van der Waals surface area contributed by atoms with Gasteiger partial charge >= 0.3 is 0 Å². The van der Waals surface area contributed by atoms with E-state index >= 15 is 0 Å². The number of hydrogen-bond donors (Lipinski definition) is 1. The molecule has 0 aliphatic rings. The van der Waals surface area contributed by atoms with Crippen molar-refractivity contribution in [2.45, 2.75) is 6.92 Å². The molecule has 0 radical (unpaired) electrons. The van der Waals surface area contributed by atoms with Gasteiger partial charge in [-0.1, -0.05) is 15.9 Å². The lowest BCUT2D eigenvalue weighted by molar-refractivity contribution is -0.385. The zero-order chi connectivity index (χ0) is 14.0. The first-order chi connectivity index (χ1) is 8.97. The largest absolute Gasteiger partial charge is 0.368 e. The van der Waals surface area contributed by atoms with Gasteiger partial charge in [0.15, 0.2) is 0 Å². The molecule has 2 rings (SSSR count). The Labute approximate surface area is 117 Å². The Bertz CT molecular complexity index is 665. The predicted octanol–water partition coefficient (Wildman–Crippen LogP) is 2.33. The number of nitrogens with zero attached hydrogens (tertiary/aromatic N) is 4. The average molecular weight is 324 g/mol. The molecule has 8 heteroatoms. The van der Waals surface area contributed by atoms with Crippen LogP contribution in [-0.2, 0) is 0 Å². The molecule has 0 aliphatic heterocycles. The molecule has 1 aromatic carbocycles. The van der Waals surface area contributed by atoms with E-state index in [1.165, 1.54) is 17.0 Å². The van der Waals surface area contributed by atoms with E-state index in [9.17, 15) is 10.1 Å². The van der Waals surface area contributed by atoms with Gasteiger partial charge in [-0.2, -0.15) is 5.10 Å². The second kappa shape index (κ2) is 5.19. The molecule has 0 fully saturated rings. The maximum absolute atomic E-state index is 10.9. The van der Waals surface area contributed by atoms with Crippen LogP contribution in [0.15, 0.2) is 34.0 Å². The van der Waals surface area contributed by atoms with Gasteiger partial charge in [0, 0.05) is 10.5 Å². The van der Waals surface area contributed by atoms with Crippen molar-refractivity contribution in [3.8, 4) is 0 Å². The van der Waals surface area contributed by atoms with Crippen LogP contribution in [-0.4, -0.2) is 20.8 Å². The molecule has 0 saturated heterocycles. The van der Waals surface area contributed by atoms with Gasteiger partial charge in [0.05, 0.1) is 28.6 Å². The maximum Gasteiger partial charge on any atom is 0.279 e. The van der Waals surface area contributed by atoms with Gasteiger partial charge in [0.1, 0.15) is 0 Å². The summed E-state index contributed by atoms with van der Waals surface area (Å²) in [4.78, 5) is 14.5. The maximum atomic E-state index is 10.9.